The first-order valence-corrected chi connectivity index (χ1v) is 7.47. The lowest BCUT2D eigenvalue weighted by atomic mass is 10.2. The van der Waals surface area contributed by atoms with Crippen LogP contribution in [0.5, 0.6) is 0 Å². The van der Waals surface area contributed by atoms with Gasteiger partial charge in [-0.1, -0.05) is 23.2 Å². The Morgan fingerprint density at radius 3 is 2.75 bits per heavy atom. The number of pyridine rings is 1. The summed E-state index contributed by atoms with van der Waals surface area (Å²) in [5.74, 6) is -0.212. The maximum Gasteiger partial charge on any atom is 0.252 e. The van der Waals surface area contributed by atoms with Crippen LogP contribution in [0.1, 0.15) is 37.0 Å². The lowest BCUT2D eigenvalue weighted by Crippen LogP contribution is -2.29. The highest BCUT2D eigenvalue weighted by Crippen LogP contribution is 2.17. The number of carbonyl (C=O) groups is 1. The molecule has 1 aromatic rings. The summed E-state index contributed by atoms with van der Waals surface area (Å²) in [5, 5.41) is 3.42. The summed E-state index contributed by atoms with van der Waals surface area (Å²) in [6.07, 6.45) is 3.36. The largest absolute Gasteiger partial charge is 0.352 e. The van der Waals surface area contributed by atoms with Crippen molar-refractivity contribution in [3.8, 4) is 0 Å². The summed E-state index contributed by atoms with van der Waals surface area (Å²) < 4.78 is 0. The molecule has 0 aliphatic carbocycles. The van der Waals surface area contributed by atoms with Crippen molar-refractivity contribution in [2.24, 2.45) is 0 Å². The molecule has 0 saturated heterocycles. The molecular formula is C14H21Cl2N3O. The molecule has 0 fully saturated rings. The molecule has 4 nitrogen and oxygen atoms in total. The van der Waals surface area contributed by atoms with Gasteiger partial charge < -0.3 is 10.2 Å². The molecule has 1 aromatic heterocycles. The average molecular weight is 318 g/mol. The van der Waals surface area contributed by atoms with Crippen LogP contribution in [0, 0.1) is 0 Å². The van der Waals surface area contributed by atoms with E-state index in [2.05, 4.69) is 36.1 Å². The Morgan fingerprint density at radius 1 is 1.40 bits per heavy atom. The minimum Gasteiger partial charge on any atom is -0.352 e. The lowest BCUT2D eigenvalue weighted by Gasteiger charge is -2.20. The van der Waals surface area contributed by atoms with Crippen molar-refractivity contribution < 1.29 is 4.79 Å². The Morgan fingerprint density at radius 2 is 2.10 bits per heavy atom. The standard InChI is InChI=1S/C14H21Cl2N3O/c1-10(2)19(3)7-5-4-6-17-14(20)11-8-13(16)18-9-12(11)15/h8-10H,4-7H2,1-3H3,(H,17,20). The summed E-state index contributed by atoms with van der Waals surface area (Å²) in [6, 6.07) is 2.02. The fourth-order valence-electron chi connectivity index (χ4n) is 1.63. The van der Waals surface area contributed by atoms with Gasteiger partial charge in [0.05, 0.1) is 10.6 Å². The van der Waals surface area contributed by atoms with Crippen LogP contribution in [0.3, 0.4) is 0 Å². The minimum atomic E-state index is -0.212. The van der Waals surface area contributed by atoms with Gasteiger partial charge in [-0.3, -0.25) is 4.79 Å². The highest BCUT2D eigenvalue weighted by Gasteiger charge is 2.11. The van der Waals surface area contributed by atoms with E-state index in [-0.39, 0.29) is 11.1 Å². The summed E-state index contributed by atoms with van der Waals surface area (Å²) in [5.41, 5.74) is 0.367. The summed E-state index contributed by atoms with van der Waals surface area (Å²) >= 11 is 11.7. The van der Waals surface area contributed by atoms with Crippen LogP contribution in [0.15, 0.2) is 12.3 Å². The zero-order valence-corrected chi connectivity index (χ0v) is 13.6. The predicted molar refractivity (Wildman–Crippen MR) is 83.6 cm³/mol. The second-order valence-corrected chi connectivity index (χ2v) is 5.82. The van der Waals surface area contributed by atoms with Crippen molar-refractivity contribution in [2.45, 2.75) is 32.7 Å². The van der Waals surface area contributed by atoms with Crippen molar-refractivity contribution in [1.29, 1.82) is 0 Å². The molecular weight excluding hydrogens is 297 g/mol. The SMILES string of the molecule is CC(C)N(C)CCCCNC(=O)c1cc(Cl)ncc1Cl. The third-order valence-corrected chi connectivity index (χ3v) is 3.68. The molecule has 0 radical (unpaired) electrons. The fraction of sp³-hybridized carbons (Fsp3) is 0.571. The maximum absolute atomic E-state index is 11.9. The van der Waals surface area contributed by atoms with E-state index in [4.69, 9.17) is 23.2 Å². The van der Waals surface area contributed by atoms with Crippen molar-refractivity contribution >= 4 is 29.1 Å². The molecule has 1 rings (SSSR count). The van der Waals surface area contributed by atoms with Gasteiger partial charge in [0.1, 0.15) is 5.15 Å². The van der Waals surface area contributed by atoms with Gasteiger partial charge in [0.15, 0.2) is 0 Å². The van der Waals surface area contributed by atoms with Gasteiger partial charge in [0.2, 0.25) is 0 Å². The van der Waals surface area contributed by atoms with Crippen LogP contribution in [0.2, 0.25) is 10.2 Å². The molecule has 6 heteroatoms. The van der Waals surface area contributed by atoms with E-state index in [1.165, 1.54) is 12.3 Å². The monoisotopic (exact) mass is 317 g/mol. The van der Waals surface area contributed by atoms with Crippen molar-refractivity contribution in [1.82, 2.24) is 15.2 Å². The van der Waals surface area contributed by atoms with Gasteiger partial charge in [0.25, 0.3) is 5.91 Å². The second-order valence-electron chi connectivity index (χ2n) is 5.02. The molecule has 0 aliphatic heterocycles. The van der Waals surface area contributed by atoms with Crippen LogP contribution in [-0.2, 0) is 0 Å². The quantitative estimate of drug-likeness (QED) is 0.620. The molecule has 0 bridgehead atoms. The zero-order valence-electron chi connectivity index (χ0n) is 12.1. The molecule has 0 atom stereocenters. The van der Waals surface area contributed by atoms with E-state index < -0.39 is 0 Å². The molecule has 1 N–H and O–H groups in total. The number of nitrogens with zero attached hydrogens (tertiary/aromatic N) is 2. The van der Waals surface area contributed by atoms with E-state index >= 15 is 0 Å². The Kier molecular flexibility index (Phi) is 7.27. The Balaban J connectivity index is 2.32. The summed E-state index contributed by atoms with van der Waals surface area (Å²) in [7, 11) is 2.10. The molecule has 0 aromatic carbocycles. The number of carbonyl (C=O) groups excluding carboxylic acids is 1. The second kappa shape index (κ2) is 8.45. The molecule has 112 valence electrons. The topological polar surface area (TPSA) is 45.2 Å². The number of rotatable bonds is 7. The molecule has 20 heavy (non-hydrogen) atoms. The van der Waals surface area contributed by atoms with E-state index in [1.54, 1.807) is 0 Å². The number of nitrogens with one attached hydrogen (secondary N) is 1. The van der Waals surface area contributed by atoms with Crippen LogP contribution >= 0.6 is 23.2 Å². The molecule has 0 aliphatic rings. The Hall–Kier alpha value is -0.840. The van der Waals surface area contributed by atoms with E-state index in [0.29, 0.717) is 23.2 Å². The molecule has 1 heterocycles. The normalized spacial score (nSPS) is 11.2. The number of hydrogen-bond acceptors (Lipinski definition) is 3. The van der Waals surface area contributed by atoms with Gasteiger partial charge in [-0.15, -0.1) is 0 Å². The van der Waals surface area contributed by atoms with Crippen LogP contribution < -0.4 is 5.32 Å². The maximum atomic E-state index is 11.9. The number of unbranched alkanes of at least 4 members (excludes halogenated alkanes) is 1. The third kappa shape index (κ3) is 5.65. The van der Waals surface area contributed by atoms with Crippen LogP contribution in [-0.4, -0.2) is 42.0 Å². The van der Waals surface area contributed by atoms with E-state index in [1.807, 2.05) is 0 Å². The minimum absolute atomic E-state index is 0.212. The number of aromatic nitrogens is 1. The number of halogens is 2. The highest BCUT2D eigenvalue weighted by atomic mass is 35.5. The number of hydrogen-bond donors (Lipinski definition) is 1. The van der Waals surface area contributed by atoms with E-state index in [9.17, 15) is 4.79 Å². The summed E-state index contributed by atoms with van der Waals surface area (Å²) in [6.45, 7) is 5.98. The third-order valence-electron chi connectivity index (χ3n) is 3.17. The van der Waals surface area contributed by atoms with Crippen LogP contribution in [0.4, 0.5) is 0 Å². The summed E-state index contributed by atoms with van der Waals surface area (Å²) in [4.78, 5) is 18.0. The molecule has 0 unspecified atom stereocenters. The Labute approximate surface area is 130 Å². The first kappa shape index (κ1) is 17.2. The van der Waals surface area contributed by atoms with Gasteiger partial charge in [-0.25, -0.2) is 4.98 Å². The van der Waals surface area contributed by atoms with Crippen LogP contribution in [0.25, 0.3) is 0 Å². The van der Waals surface area contributed by atoms with E-state index in [0.717, 1.165) is 19.4 Å². The van der Waals surface area contributed by atoms with Gasteiger partial charge in [-0.2, -0.15) is 0 Å². The predicted octanol–water partition coefficient (Wildman–Crippen LogP) is 3.24. The van der Waals surface area contributed by atoms with Crippen molar-refractivity contribution in [3.63, 3.8) is 0 Å². The van der Waals surface area contributed by atoms with Gasteiger partial charge in [-0.05, 0) is 46.3 Å². The zero-order chi connectivity index (χ0) is 15.1. The first-order chi connectivity index (χ1) is 9.41. The molecule has 1 amide bonds. The lowest BCUT2D eigenvalue weighted by molar-refractivity contribution is 0.0952. The Bertz CT molecular complexity index is 452. The van der Waals surface area contributed by atoms with Gasteiger partial charge >= 0.3 is 0 Å². The molecule has 0 spiro atoms. The van der Waals surface area contributed by atoms with Crippen molar-refractivity contribution in [2.75, 3.05) is 20.1 Å². The number of amides is 1. The smallest absolute Gasteiger partial charge is 0.252 e. The molecule has 0 saturated carbocycles. The average Bonchev–Trinajstić information content (AvgIpc) is 2.40. The highest BCUT2D eigenvalue weighted by molar-refractivity contribution is 6.35. The van der Waals surface area contributed by atoms with Crippen molar-refractivity contribution in [3.05, 3.63) is 28.0 Å². The van der Waals surface area contributed by atoms with Gasteiger partial charge in [0, 0.05) is 18.8 Å². The first-order valence-electron chi connectivity index (χ1n) is 6.71. The fourth-order valence-corrected chi connectivity index (χ4v) is 1.98.